The molecule has 1 aromatic carbocycles. The SMILES string of the molecule is O[C@@H](CNCCCn1ccnc1)CO[C@H]1CCCc2ccccc21. The number of aliphatic hydroxyl groups is 1. The summed E-state index contributed by atoms with van der Waals surface area (Å²) in [4.78, 5) is 4.02. The minimum absolute atomic E-state index is 0.130. The van der Waals surface area contributed by atoms with Gasteiger partial charge in [-0.1, -0.05) is 24.3 Å². The number of hydrogen-bond acceptors (Lipinski definition) is 4. The second-order valence-corrected chi connectivity index (χ2v) is 6.43. The molecule has 0 fully saturated rings. The third-order valence-electron chi connectivity index (χ3n) is 4.51. The molecule has 0 radical (unpaired) electrons. The van der Waals surface area contributed by atoms with Crippen LogP contribution in [0.25, 0.3) is 0 Å². The first kappa shape index (κ1) is 17.1. The fourth-order valence-electron chi connectivity index (χ4n) is 3.24. The summed E-state index contributed by atoms with van der Waals surface area (Å²) in [7, 11) is 0. The second kappa shape index (κ2) is 8.97. The summed E-state index contributed by atoms with van der Waals surface area (Å²) in [6, 6.07) is 8.49. The van der Waals surface area contributed by atoms with Crippen molar-refractivity contribution in [1.29, 1.82) is 0 Å². The van der Waals surface area contributed by atoms with Crippen LogP contribution < -0.4 is 5.32 Å². The topological polar surface area (TPSA) is 59.3 Å². The largest absolute Gasteiger partial charge is 0.389 e. The van der Waals surface area contributed by atoms with Crippen molar-refractivity contribution in [2.24, 2.45) is 0 Å². The van der Waals surface area contributed by atoms with Gasteiger partial charge in [-0.05, 0) is 43.4 Å². The lowest BCUT2D eigenvalue weighted by Crippen LogP contribution is -2.32. The van der Waals surface area contributed by atoms with Gasteiger partial charge >= 0.3 is 0 Å². The Morgan fingerprint density at radius 3 is 3.17 bits per heavy atom. The minimum atomic E-state index is -0.465. The van der Waals surface area contributed by atoms with Crippen LogP contribution in [0.5, 0.6) is 0 Å². The molecule has 2 atom stereocenters. The van der Waals surface area contributed by atoms with E-state index >= 15 is 0 Å². The van der Waals surface area contributed by atoms with Crippen LogP contribution in [0.15, 0.2) is 43.0 Å². The number of benzene rings is 1. The molecule has 0 spiro atoms. The predicted octanol–water partition coefficient (Wildman–Crippen LogP) is 2.32. The number of aromatic nitrogens is 2. The zero-order valence-electron chi connectivity index (χ0n) is 14.1. The molecule has 0 saturated heterocycles. The maximum atomic E-state index is 10.1. The Hall–Kier alpha value is -1.69. The molecule has 5 nitrogen and oxygen atoms in total. The van der Waals surface area contributed by atoms with Gasteiger partial charge in [-0.2, -0.15) is 0 Å². The van der Waals surface area contributed by atoms with Crippen molar-refractivity contribution in [2.45, 2.75) is 44.4 Å². The van der Waals surface area contributed by atoms with Gasteiger partial charge < -0.3 is 19.7 Å². The summed E-state index contributed by atoms with van der Waals surface area (Å²) in [5.41, 5.74) is 2.69. The molecule has 3 rings (SSSR count). The van der Waals surface area contributed by atoms with Gasteiger partial charge in [0, 0.05) is 25.5 Å². The maximum absolute atomic E-state index is 10.1. The number of hydrogen-bond donors (Lipinski definition) is 2. The Bertz CT molecular complexity index is 600. The summed E-state index contributed by atoms with van der Waals surface area (Å²) in [5, 5.41) is 13.4. The van der Waals surface area contributed by atoms with Gasteiger partial charge in [-0.25, -0.2) is 4.98 Å². The monoisotopic (exact) mass is 329 g/mol. The summed E-state index contributed by atoms with van der Waals surface area (Å²) in [6.07, 6.45) is 9.59. The molecule has 0 saturated carbocycles. The van der Waals surface area contributed by atoms with Crippen LogP contribution >= 0.6 is 0 Å². The molecule has 0 aliphatic heterocycles. The van der Waals surface area contributed by atoms with Crippen LogP contribution in [0, 0.1) is 0 Å². The maximum Gasteiger partial charge on any atom is 0.0945 e. The van der Waals surface area contributed by atoms with Gasteiger partial charge in [0.25, 0.3) is 0 Å². The second-order valence-electron chi connectivity index (χ2n) is 6.43. The van der Waals surface area contributed by atoms with Gasteiger partial charge in [-0.15, -0.1) is 0 Å². The predicted molar refractivity (Wildman–Crippen MR) is 93.8 cm³/mol. The molecule has 24 heavy (non-hydrogen) atoms. The van der Waals surface area contributed by atoms with E-state index in [2.05, 4.69) is 39.1 Å². The normalized spacial score (nSPS) is 18.3. The van der Waals surface area contributed by atoms with E-state index in [1.54, 1.807) is 6.20 Å². The van der Waals surface area contributed by atoms with E-state index in [9.17, 15) is 5.11 Å². The van der Waals surface area contributed by atoms with E-state index in [0.717, 1.165) is 38.8 Å². The highest BCUT2D eigenvalue weighted by atomic mass is 16.5. The van der Waals surface area contributed by atoms with Crippen LogP contribution in [0.2, 0.25) is 0 Å². The quantitative estimate of drug-likeness (QED) is 0.693. The molecule has 1 aromatic heterocycles. The number of ether oxygens (including phenoxy) is 1. The standard InChI is InChI=1S/C19H27N3O2/c23-17(13-20-9-4-11-22-12-10-21-15-22)14-24-19-8-3-6-16-5-1-2-7-18(16)19/h1-2,5,7,10,12,15,17,19-20,23H,3-4,6,8-9,11,13-14H2/t17-,19-/m0/s1. The Labute approximate surface area is 143 Å². The van der Waals surface area contributed by atoms with Gasteiger partial charge in [0.2, 0.25) is 0 Å². The molecule has 0 amide bonds. The van der Waals surface area contributed by atoms with Crippen molar-refractivity contribution >= 4 is 0 Å². The Balaban J connectivity index is 1.32. The van der Waals surface area contributed by atoms with E-state index in [1.165, 1.54) is 11.1 Å². The molecule has 1 heterocycles. The zero-order chi connectivity index (χ0) is 16.6. The average Bonchev–Trinajstić information content (AvgIpc) is 3.13. The first-order valence-corrected chi connectivity index (χ1v) is 8.87. The molecule has 5 heteroatoms. The molecule has 1 aliphatic rings. The van der Waals surface area contributed by atoms with E-state index in [1.807, 2.05) is 12.5 Å². The number of rotatable bonds is 9. The van der Waals surface area contributed by atoms with Gasteiger partial charge in [-0.3, -0.25) is 0 Å². The van der Waals surface area contributed by atoms with Crippen LogP contribution in [0.4, 0.5) is 0 Å². The van der Waals surface area contributed by atoms with Crippen molar-refractivity contribution in [3.63, 3.8) is 0 Å². The number of imidazole rings is 1. The summed E-state index contributed by atoms with van der Waals surface area (Å²) in [6.45, 7) is 2.77. The van der Waals surface area contributed by atoms with E-state index in [-0.39, 0.29) is 6.10 Å². The van der Waals surface area contributed by atoms with Crippen LogP contribution in [-0.4, -0.2) is 40.5 Å². The lowest BCUT2D eigenvalue weighted by molar-refractivity contribution is -0.0166. The molecule has 0 bridgehead atoms. The fourth-order valence-corrected chi connectivity index (χ4v) is 3.24. The summed E-state index contributed by atoms with van der Waals surface area (Å²) < 4.78 is 8.04. The van der Waals surface area contributed by atoms with Crippen molar-refractivity contribution in [2.75, 3.05) is 19.7 Å². The van der Waals surface area contributed by atoms with Gasteiger partial charge in [0.05, 0.1) is 25.1 Å². The average molecular weight is 329 g/mol. The van der Waals surface area contributed by atoms with E-state index in [4.69, 9.17) is 4.74 Å². The number of aryl methyl sites for hydroxylation is 2. The highest BCUT2D eigenvalue weighted by Crippen LogP contribution is 2.32. The van der Waals surface area contributed by atoms with Crippen molar-refractivity contribution in [3.05, 3.63) is 54.1 Å². The number of aliphatic hydroxyl groups excluding tert-OH is 1. The molecule has 2 N–H and O–H groups in total. The number of nitrogens with one attached hydrogen (secondary N) is 1. The number of nitrogens with zero attached hydrogens (tertiary/aromatic N) is 2. The van der Waals surface area contributed by atoms with Gasteiger partial charge in [0.15, 0.2) is 0 Å². The van der Waals surface area contributed by atoms with Crippen molar-refractivity contribution in [3.8, 4) is 0 Å². The highest BCUT2D eigenvalue weighted by Gasteiger charge is 2.21. The molecular weight excluding hydrogens is 302 g/mol. The van der Waals surface area contributed by atoms with Crippen molar-refractivity contribution in [1.82, 2.24) is 14.9 Å². The van der Waals surface area contributed by atoms with E-state index in [0.29, 0.717) is 13.2 Å². The molecule has 130 valence electrons. The first-order valence-electron chi connectivity index (χ1n) is 8.87. The smallest absolute Gasteiger partial charge is 0.0945 e. The van der Waals surface area contributed by atoms with Crippen LogP contribution in [0.1, 0.15) is 36.5 Å². The third-order valence-corrected chi connectivity index (χ3v) is 4.51. The lowest BCUT2D eigenvalue weighted by atomic mass is 9.89. The van der Waals surface area contributed by atoms with Crippen LogP contribution in [-0.2, 0) is 17.7 Å². The summed E-state index contributed by atoms with van der Waals surface area (Å²) >= 11 is 0. The highest BCUT2D eigenvalue weighted by molar-refractivity contribution is 5.31. The number of fused-ring (bicyclic) bond motifs is 1. The molecule has 2 aromatic rings. The Kier molecular flexibility index (Phi) is 6.41. The van der Waals surface area contributed by atoms with Crippen molar-refractivity contribution < 1.29 is 9.84 Å². The summed E-state index contributed by atoms with van der Waals surface area (Å²) in [5.74, 6) is 0. The lowest BCUT2D eigenvalue weighted by Gasteiger charge is -2.26. The van der Waals surface area contributed by atoms with Crippen LogP contribution in [0.3, 0.4) is 0 Å². The van der Waals surface area contributed by atoms with E-state index < -0.39 is 6.10 Å². The molecular formula is C19H27N3O2. The minimum Gasteiger partial charge on any atom is -0.389 e. The molecule has 0 unspecified atom stereocenters. The third kappa shape index (κ3) is 4.90. The van der Waals surface area contributed by atoms with Gasteiger partial charge in [0.1, 0.15) is 0 Å². The Morgan fingerprint density at radius 2 is 2.29 bits per heavy atom. The fraction of sp³-hybridized carbons (Fsp3) is 0.526. The zero-order valence-corrected chi connectivity index (χ0v) is 14.1. The Morgan fingerprint density at radius 1 is 1.38 bits per heavy atom. The molecule has 1 aliphatic carbocycles. The first-order chi connectivity index (χ1) is 11.8.